The predicted octanol–water partition coefficient (Wildman–Crippen LogP) is 0.688. The van der Waals surface area contributed by atoms with Crippen molar-refractivity contribution in [1.82, 2.24) is 4.72 Å². The normalized spacial score (nSPS) is 25.1. The molecule has 1 fully saturated rings. The summed E-state index contributed by atoms with van der Waals surface area (Å²) in [6, 6.07) is 4.18. The predicted molar refractivity (Wildman–Crippen MR) is 79.4 cm³/mol. The van der Waals surface area contributed by atoms with E-state index in [1.54, 1.807) is 6.92 Å². The Balaban J connectivity index is 2.35. The highest BCUT2D eigenvalue weighted by Gasteiger charge is 2.41. The van der Waals surface area contributed by atoms with Gasteiger partial charge in [-0.05, 0) is 31.0 Å². The van der Waals surface area contributed by atoms with Gasteiger partial charge in [0.05, 0.1) is 23.1 Å². The van der Waals surface area contributed by atoms with Crippen molar-refractivity contribution in [2.45, 2.75) is 30.4 Å². The summed E-state index contributed by atoms with van der Waals surface area (Å²) in [4.78, 5) is -0.166. The minimum absolute atomic E-state index is 0.0177. The highest BCUT2D eigenvalue weighted by atomic mass is 35.5. The number of halogens is 1. The second-order valence-corrected chi connectivity index (χ2v) is 9.67. The van der Waals surface area contributed by atoms with Crippen LogP contribution in [0.25, 0.3) is 0 Å². The van der Waals surface area contributed by atoms with Gasteiger partial charge in [-0.3, -0.25) is 0 Å². The molecule has 1 aromatic carbocycles. The molecule has 1 atom stereocenters. The lowest BCUT2D eigenvalue weighted by Gasteiger charge is -2.24. The second-order valence-electron chi connectivity index (χ2n) is 5.43. The zero-order chi connectivity index (χ0) is 15.9. The number of hydrogen-bond acceptors (Lipinski definition) is 5. The van der Waals surface area contributed by atoms with E-state index in [1.165, 1.54) is 18.2 Å². The first-order valence-electron chi connectivity index (χ1n) is 6.21. The monoisotopic (exact) mass is 353 g/mol. The van der Waals surface area contributed by atoms with E-state index < -0.39 is 25.4 Å². The molecule has 0 saturated carbocycles. The fraction of sp³-hybridized carbons (Fsp3) is 0.500. The Morgan fingerprint density at radius 3 is 2.62 bits per heavy atom. The maximum atomic E-state index is 12.4. The third kappa shape index (κ3) is 3.75. The maximum absolute atomic E-state index is 12.4. The Hall–Kier alpha value is -0.670. The van der Waals surface area contributed by atoms with E-state index in [2.05, 4.69) is 4.72 Å². The molecule has 9 heteroatoms. The van der Waals surface area contributed by atoms with Crippen LogP contribution in [0.2, 0.25) is 5.02 Å². The van der Waals surface area contributed by atoms with Gasteiger partial charge in [0.2, 0.25) is 10.0 Å². The lowest BCUT2D eigenvalue weighted by atomic mass is 10.0. The van der Waals surface area contributed by atoms with Gasteiger partial charge in [0.1, 0.15) is 4.90 Å². The first-order chi connectivity index (χ1) is 9.57. The van der Waals surface area contributed by atoms with E-state index in [-0.39, 0.29) is 34.5 Å². The molecule has 2 N–H and O–H groups in total. The Morgan fingerprint density at radius 2 is 2.10 bits per heavy atom. The highest BCUT2D eigenvalue weighted by molar-refractivity contribution is 7.92. The molecule has 1 heterocycles. The largest absolute Gasteiger partial charge is 0.392 e. The van der Waals surface area contributed by atoms with E-state index in [0.29, 0.717) is 5.56 Å². The van der Waals surface area contributed by atoms with Gasteiger partial charge in [0, 0.05) is 5.54 Å². The minimum Gasteiger partial charge on any atom is -0.392 e. The molecule has 1 aliphatic rings. The number of nitrogens with one attached hydrogen (secondary N) is 1. The van der Waals surface area contributed by atoms with Crippen molar-refractivity contribution in [2.75, 3.05) is 11.5 Å². The topological polar surface area (TPSA) is 101 Å². The summed E-state index contributed by atoms with van der Waals surface area (Å²) in [7, 11) is -7.20. The van der Waals surface area contributed by atoms with Crippen LogP contribution in [-0.2, 0) is 26.5 Å². The van der Waals surface area contributed by atoms with Crippen LogP contribution in [0.3, 0.4) is 0 Å². The van der Waals surface area contributed by atoms with E-state index in [4.69, 9.17) is 16.7 Å². The van der Waals surface area contributed by atoms with Gasteiger partial charge < -0.3 is 5.11 Å². The summed E-state index contributed by atoms with van der Waals surface area (Å²) in [6.07, 6.45) is 0.214. The molecule has 6 nitrogen and oxygen atoms in total. The smallest absolute Gasteiger partial charge is 0.242 e. The number of aliphatic hydroxyl groups is 1. The summed E-state index contributed by atoms with van der Waals surface area (Å²) in [6.45, 7) is 1.24. The lowest BCUT2D eigenvalue weighted by Crippen LogP contribution is -2.46. The van der Waals surface area contributed by atoms with Crippen LogP contribution >= 0.6 is 11.6 Å². The molecule has 118 valence electrons. The van der Waals surface area contributed by atoms with Crippen LogP contribution in [0.1, 0.15) is 18.9 Å². The van der Waals surface area contributed by atoms with Crippen molar-refractivity contribution in [3.8, 4) is 0 Å². The molecule has 0 aromatic heterocycles. The first-order valence-corrected chi connectivity index (χ1v) is 9.89. The van der Waals surface area contributed by atoms with Crippen LogP contribution < -0.4 is 4.72 Å². The van der Waals surface area contributed by atoms with E-state index >= 15 is 0 Å². The zero-order valence-electron chi connectivity index (χ0n) is 11.3. The molecule has 0 amide bonds. The van der Waals surface area contributed by atoms with Gasteiger partial charge in [-0.25, -0.2) is 21.6 Å². The molecule has 0 aliphatic carbocycles. The molecular formula is C12H16ClNO5S2. The van der Waals surface area contributed by atoms with Gasteiger partial charge in [0.15, 0.2) is 9.84 Å². The van der Waals surface area contributed by atoms with E-state index in [1.807, 2.05) is 0 Å². The van der Waals surface area contributed by atoms with Crippen molar-refractivity contribution in [3.05, 3.63) is 28.8 Å². The average molecular weight is 354 g/mol. The van der Waals surface area contributed by atoms with Crippen LogP contribution in [0, 0.1) is 0 Å². The summed E-state index contributed by atoms with van der Waals surface area (Å²) in [5, 5.41) is 9.10. The molecule has 1 aliphatic heterocycles. The number of aliphatic hydroxyl groups excluding tert-OH is 1. The van der Waals surface area contributed by atoms with Gasteiger partial charge in [-0.15, -0.1) is 0 Å². The number of sulfonamides is 1. The Bertz CT molecular complexity index is 760. The van der Waals surface area contributed by atoms with E-state index in [0.717, 1.165) is 0 Å². The molecule has 1 saturated heterocycles. The molecule has 2 rings (SSSR count). The van der Waals surface area contributed by atoms with Crippen molar-refractivity contribution in [1.29, 1.82) is 0 Å². The van der Waals surface area contributed by atoms with Crippen LogP contribution in [0.15, 0.2) is 23.1 Å². The van der Waals surface area contributed by atoms with Crippen molar-refractivity contribution >= 4 is 31.5 Å². The molecular weight excluding hydrogens is 338 g/mol. The number of rotatable bonds is 4. The fourth-order valence-corrected chi connectivity index (χ4v) is 6.49. The Labute approximate surface area is 129 Å². The second kappa shape index (κ2) is 5.51. The minimum atomic E-state index is -3.97. The van der Waals surface area contributed by atoms with Crippen molar-refractivity contribution in [2.24, 2.45) is 0 Å². The number of sulfone groups is 1. The first kappa shape index (κ1) is 16.7. The van der Waals surface area contributed by atoms with Crippen molar-refractivity contribution < 1.29 is 21.9 Å². The molecule has 1 unspecified atom stereocenters. The van der Waals surface area contributed by atoms with Crippen molar-refractivity contribution in [3.63, 3.8) is 0 Å². The third-order valence-corrected chi connectivity index (χ3v) is 7.37. The average Bonchev–Trinajstić information content (AvgIpc) is 2.62. The lowest BCUT2D eigenvalue weighted by molar-refractivity contribution is 0.281. The summed E-state index contributed by atoms with van der Waals surface area (Å²) in [5.41, 5.74) is -0.639. The molecule has 1 aromatic rings. The summed E-state index contributed by atoms with van der Waals surface area (Å²) >= 11 is 5.91. The van der Waals surface area contributed by atoms with Gasteiger partial charge >= 0.3 is 0 Å². The van der Waals surface area contributed by atoms with Crippen LogP contribution in [-0.4, -0.2) is 39.0 Å². The number of hydrogen-bond donors (Lipinski definition) is 2. The van der Waals surface area contributed by atoms with Crippen LogP contribution in [0.5, 0.6) is 0 Å². The van der Waals surface area contributed by atoms with Gasteiger partial charge in [-0.2, -0.15) is 0 Å². The number of benzene rings is 1. The zero-order valence-corrected chi connectivity index (χ0v) is 13.7. The standard InChI is InChI=1S/C12H16ClNO5S2/c1-12(4-5-20(16,17)8-12)14-21(18,19)11-6-9(7-15)2-3-10(11)13/h2-3,6,14-15H,4-5,7-8H2,1H3. The SMILES string of the molecule is CC1(NS(=O)(=O)c2cc(CO)ccc2Cl)CCS(=O)(=O)C1. The van der Waals surface area contributed by atoms with E-state index in [9.17, 15) is 16.8 Å². The summed E-state index contributed by atoms with van der Waals surface area (Å²) < 4.78 is 50.3. The Morgan fingerprint density at radius 1 is 1.43 bits per heavy atom. The van der Waals surface area contributed by atoms with Gasteiger partial charge in [0.25, 0.3) is 0 Å². The Kier molecular flexibility index (Phi) is 4.38. The molecule has 0 spiro atoms. The van der Waals surface area contributed by atoms with Crippen LogP contribution in [0.4, 0.5) is 0 Å². The quantitative estimate of drug-likeness (QED) is 0.829. The highest BCUT2D eigenvalue weighted by Crippen LogP contribution is 2.28. The maximum Gasteiger partial charge on any atom is 0.242 e. The van der Waals surface area contributed by atoms with Gasteiger partial charge in [-0.1, -0.05) is 17.7 Å². The molecule has 0 radical (unpaired) electrons. The molecule has 21 heavy (non-hydrogen) atoms. The fourth-order valence-electron chi connectivity index (χ4n) is 2.32. The third-order valence-electron chi connectivity index (χ3n) is 3.35. The molecule has 0 bridgehead atoms. The summed E-state index contributed by atoms with van der Waals surface area (Å²) in [5.74, 6) is -0.285.